The first kappa shape index (κ1) is 28.6. The summed E-state index contributed by atoms with van der Waals surface area (Å²) in [7, 11) is 0.611. The zero-order valence-corrected chi connectivity index (χ0v) is 21.8. The van der Waals surface area contributed by atoms with E-state index in [0.29, 0.717) is 27.7 Å². The number of ether oxygens (including phenoxy) is 1. The maximum absolute atomic E-state index is 13.4. The van der Waals surface area contributed by atoms with Crippen molar-refractivity contribution in [3.05, 3.63) is 34.4 Å². The van der Waals surface area contributed by atoms with E-state index in [4.69, 9.17) is 9.30 Å². The van der Waals surface area contributed by atoms with Gasteiger partial charge in [-0.2, -0.15) is 0 Å². The molecule has 0 N–H and O–H groups in total. The molecular weight excluding hydrogens is 395 g/mol. The number of hydrogen-bond donors (Lipinski definition) is 0. The molecule has 0 aliphatic rings. The minimum absolute atomic E-state index is 0.0868. The molecule has 0 aromatic heterocycles. The molecule has 3 atom stereocenters. The van der Waals surface area contributed by atoms with Crippen LogP contribution in [0.2, 0.25) is 0 Å². The van der Waals surface area contributed by atoms with E-state index in [1.165, 1.54) is 0 Å². The Labute approximate surface area is 185 Å². The fourth-order valence-electron chi connectivity index (χ4n) is 4.21. The number of aryl methyl sites for hydroxylation is 3. The SMILES string of the molecule is CCCCCOC(=O)C(CC(C)CC(C)(C)C)C(=O)c1c(C)cc(C)cc1C.O=[PH3]. The lowest BCUT2D eigenvalue weighted by Gasteiger charge is -2.26. The lowest BCUT2D eigenvalue weighted by molar-refractivity contribution is -0.147. The van der Waals surface area contributed by atoms with Gasteiger partial charge >= 0.3 is 5.97 Å². The van der Waals surface area contributed by atoms with Gasteiger partial charge in [0.15, 0.2) is 5.78 Å². The lowest BCUT2D eigenvalue weighted by Crippen LogP contribution is -2.30. The Morgan fingerprint density at radius 1 is 1.03 bits per heavy atom. The fraction of sp³-hybridized carbons (Fsp3) is 0.680. The first-order valence-corrected chi connectivity index (χ1v) is 11.6. The van der Waals surface area contributed by atoms with Crippen molar-refractivity contribution in [1.29, 1.82) is 0 Å². The predicted octanol–water partition coefficient (Wildman–Crippen LogP) is 6.55. The number of ketones is 1. The summed E-state index contributed by atoms with van der Waals surface area (Å²) in [6.07, 6.45) is 4.46. The Bertz CT molecular complexity index is 668. The first-order valence-electron chi connectivity index (χ1n) is 11.0. The van der Waals surface area contributed by atoms with Gasteiger partial charge in [0.25, 0.3) is 0 Å². The van der Waals surface area contributed by atoms with Gasteiger partial charge in [-0.05, 0) is 62.5 Å². The number of hydrogen-bond acceptors (Lipinski definition) is 4. The van der Waals surface area contributed by atoms with Crippen LogP contribution in [0.3, 0.4) is 0 Å². The number of carbonyl (C=O) groups excluding carboxylic acids is 2. The van der Waals surface area contributed by atoms with Crippen LogP contribution in [-0.2, 0) is 14.1 Å². The second kappa shape index (κ2) is 13.8. The fourth-order valence-corrected chi connectivity index (χ4v) is 4.21. The van der Waals surface area contributed by atoms with Gasteiger partial charge in [0.2, 0.25) is 0 Å². The Morgan fingerprint density at radius 2 is 1.57 bits per heavy atom. The molecule has 0 spiro atoms. The summed E-state index contributed by atoms with van der Waals surface area (Å²) in [5, 5.41) is 0. The second-order valence-electron chi connectivity index (χ2n) is 9.67. The van der Waals surface area contributed by atoms with Gasteiger partial charge in [0.05, 0.1) is 15.7 Å². The molecular formula is C25H43O4P. The van der Waals surface area contributed by atoms with Crippen LogP contribution in [0.1, 0.15) is 93.8 Å². The standard InChI is InChI=1S/C25H40O3.H3OP/c1-9-10-11-12-28-24(27)21(15-18(3)16-25(6,7)8)23(26)22-19(4)13-17(2)14-20(22)5;1-2/h13-14,18,21H,9-12,15-16H2,1-8H3;2H3. The minimum Gasteiger partial charge on any atom is -0.465 e. The maximum Gasteiger partial charge on any atom is 0.316 e. The summed E-state index contributed by atoms with van der Waals surface area (Å²) in [4.78, 5) is 26.3. The number of benzene rings is 1. The summed E-state index contributed by atoms with van der Waals surface area (Å²) in [6, 6.07) is 4.03. The Hall–Kier alpha value is -1.41. The number of unbranched alkanes of at least 4 members (excludes halogenated alkanes) is 2. The van der Waals surface area contributed by atoms with Gasteiger partial charge in [-0.1, -0.05) is 65.2 Å². The van der Waals surface area contributed by atoms with Crippen molar-refractivity contribution in [3.63, 3.8) is 0 Å². The summed E-state index contributed by atoms with van der Waals surface area (Å²) < 4.78 is 13.8. The average molecular weight is 439 g/mol. The van der Waals surface area contributed by atoms with Crippen molar-refractivity contribution in [2.24, 2.45) is 17.3 Å². The van der Waals surface area contributed by atoms with Crippen LogP contribution < -0.4 is 0 Å². The summed E-state index contributed by atoms with van der Waals surface area (Å²) in [6.45, 7) is 17.2. The van der Waals surface area contributed by atoms with E-state index in [9.17, 15) is 9.59 Å². The molecule has 0 heterocycles. The quantitative estimate of drug-likeness (QED) is 0.137. The van der Waals surface area contributed by atoms with E-state index in [0.717, 1.165) is 42.4 Å². The van der Waals surface area contributed by atoms with E-state index in [-0.39, 0.29) is 23.1 Å². The van der Waals surface area contributed by atoms with Crippen LogP contribution in [0.15, 0.2) is 12.1 Å². The number of rotatable bonds is 10. The van der Waals surface area contributed by atoms with Crippen molar-refractivity contribution < 1.29 is 18.9 Å². The molecule has 5 heteroatoms. The summed E-state index contributed by atoms with van der Waals surface area (Å²) in [5.74, 6) is -0.903. The molecule has 1 aromatic carbocycles. The van der Waals surface area contributed by atoms with Crippen LogP contribution >= 0.6 is 9.12 Å². The van der Waals surface area contributed by atoms with Gasteiger partial charge in [0.1, 0.15) is 5.92 Å². The molecule has 0 saturated heterocycles. The van der Waals surface area contributed by atoms with E-state index in [2.05, 4.69) is 34.6 Å². The normalized spacial score (nSPS) is 13.2. The maximum atomic E-state index is 13.4. The minimum atomic E-state index is -0.723. The molecule has 0 radical (unpaired) electrons. The summed E-state index contributed by atoms with van der Waals surface area (Å²) >= 11 is 0. The molecule has 0 saturated carbocycles. The van der Waals surface area contributed by atoms with E-state index in [1.807, 2.05) is 32.9 Å². The number of carbonyl (C=O) groups is 2. The second-order valence-corrected chi connectivity index (χ2v) is 9.67. The van der Waals surface area contributed by atoms with Gasteiger partial charge < -0.3 is 9.30 Å². The van der Waals surface area contributed by atoms with Gasteiger partial charge in [-0.15, -0.1) is 0 Å². The predicted molar refractivity (Wildman–Crippen MR) is 129 cm³/mol. The third-order valence-corrected chi connectivity index (χ3v) is 5.12. The highest BCUT2D eigenvalue weighted by molar-refractivity contribution is 7.00. The Balaban J connectivity index is 0.00000407. The van der Waals surface area contributed by atoms with Crippen molar-refractivity contribution in [3.8, 4) is 0 Å². The van der Waals surface area contributed by atoms with Crippen LogP contribution in [-0.4, -0.2) is 18.4 Å². The molecule has 1 aromatic rings. The number of Topliss-reactive ketones (excluding diaryl/α,β-unsaturated/α-hetero) is 1. The Morgan fingerprint density at radius 3 is 2.03 bits per heavy atom. The third-order valence-electron chi connectivity index (χ3n) is 5.12. The molecule has 30 heavy (non-hydrogen) atoms. The molecule has 0 aliphatic heterocycles. The highest BCUT2D eigenvalue weighted by Gasteiger charge is 2.33. The van der Waals surface area contributed by atoms with E-state index < -0.39 is 5.92 Å². The van der Waals surface area contributed by atoms with Crippen LogP contribution in [0, 0.1) is 38.0 Å². The highest BCUT2D eigenvalue weighted by atomic mass is 31.0. The molecule has 0 bridgehead atoms. The highest BCUT2D eigenvalue weighted by Crippen LogP contribution is 2.31. The van der Waals surface area contributed by atoms with Crippen LogP contribution in [0.25, 0.3) is 0 Å². The van der Waals surface area contributed by atoms with E-state index >= 15 is 0 Å². The van der Waals surface area contributed by atoms with Crippen molar-refractivity contribution in [2.45, 2.75) is 87.5 Å². The molecule has 0 aliphatic carbocycles. The zero-order valence-electron chi connectivity index (χ0n) is 20.4. The van der Waals surface area contributed by atoms with Crippen LogP contribution in [0.4, 0.5) is 0 Å². The van der Waals surface area contributed by atoms with Gasteiger partial charge in [-0.25, -0.2) is 0 Å². The topological polar surface area (TPSA) is 60.4 Å². The van der Waals surface area contributed by atoms with Crippen LogP contribution in [0.5, 0.6) is 0 Å². The largest absolute Gasteiger partial charge is 0.465 e. The van der Waals surface area contributed by atoms with Crippen molar-refractivity contribution >= 4 is 20.9 Å². The first-order chi connectivity index (χ1) is 14.0. The third kappa shape index (κ3) is 10.1. The average Bonchev–Trinajstić information content (AvgIpc) is 2.62. The molecule has 3 unspecified atom stereocenters. The molecule has 1 rings (SSSR count). The molecule has 0 amide bonds. The monoisotopic (exact) mass is 438 g/mol. The van der Waals surface area contributed by atoms with Gasteiger partial charge in [0, 0.05) is 5.56 Å². The molecule has 0 fully saturated rings. The molecule has 4 nitrogen and oxygen atoms in total. The Kier molecular flexibility index (Phi) is 13.2. The van der Waals surface area contributed by atoms with Crippen molar-refractivity contribution in [1.82, 2.24) is 0 Å². The van der Waals surface area contributed by atoms with Gasteiger partial charge in [-0.3, -0.25) is 9.59 Å². The molecule has 172 valence electrons. The zero-order chi connectivity index (χ0) is 23.5. The summed E-state index contributed by atoms with van der Waals surface area (Å²) in [5.41, 5.74) is 3.85. The lowest BCUT2D eigenvalue weighted by atomic mass is 9.79. The van der Waals surface area contributed by atoms with Crippen molar-refractivity contribution in [2.75, 3.05) is 6.61 Å². The smallest absolute Gasteiger partial charge is 0.316 e. The van der Waals surface area contributed by atoms with E-state index in [1.54, 1.807) is 0 Å². The number of esters is 1.